The minimum Gasteiger partial charge on any atom is -0.326 e. The molecule has 5 aromatic rings. The lowest BCUT2D eigenvalue weighted by molar-refractivity contribution is 0.775. The molecular weight excluding hydrogens is 370 g/mol. The number of aromatic nitrogens is 5. The highest BCUT2D eigenvalue weighted by molar-refractivity contribution is 5.89. The molecule has 5 rings (SSSR count). The molecule has 150 valence electrons. The van der Waals surface area contributed by atoms with Crippen LogP contribution in [0.15, 0.2) is 48.8 Å². The molecule has 4 aromatic heterocycles. The fourth-order valence-corrected chi connectivity index (χ4v) is 4.63. The Kier molecular flexibility index (Phi) is 4.21. The van der Waals surface area contributed by atoms with E-state index in [1.165, 1.54) is 22.3 Å². The minimum absolute atomic E-state index is 0.694. The molecule has 5 nitrogen and oxygen atoms in total. The van der Waals surface area contributed by atoms with Gasteiger partial charge in [-0.1, -0.05) is 23.8 Å². The Bertz CT molecular complexity index is 1380. The summed E-state index contributed by atoms with van der Waals surface area (Å²) in [5.74, 6) is 0. The average Bonchev–Trinajstić information content (AvgIpc) is 3.24. The van der Waals surface area contributed by atoms with Crippen LogP contribution in [0.1, 0.15) is 33.8 Å². The van der Waals surface area contributed by atoms with Crippen molar-refractivity contribution in [1.29, 1.82) is 0 Å². The van der Waals surface area contributed by atoms with Gasteiger partial charge in [0.2, 0.25) is 0 Å². The van der Waals surface area contributed by atoms with E-state index in [1.54, 1.807) is 0 Å². The predicted octanol–water partition coefficient (Wildman–Crippen LogP) is 5.34. The van der Waals surface area contributed by atoms with Crippen LogP contribution in [0.25, 0.3) is 27.8 Å². The normalized spacial score (nSPS) is 11.6. The van der Waals surface area contributed by atoms with Crippen molar-refractivity contribution < 1.29 is 0 Å². The molecule has 0 aliphatic carbocycles. The number of hydrogen-bond acceptors (Lipinski definition) is 3. The smallest absolute Gasteiger partial charge is 0.165 e. The second-order valence-corrected chi connectivity index (χ2v) is 8.17. The van der Waals surface area contributed by atoms with E-state index in [0.29, 0.717) is 6.54 Å². The molecule has 0 N–H and O–H groups in total. The molecule has 4 heterocycles. The molecule has 5 heteroatoms. The molecular formula is C25H25N5. The first-order valence-electron chi connectivity index (χ1n) is 10.3. The second kappa shape index (κ2) is 6.80. The van der Waals surface area contributed by atoms with E-state index >= 15 is 0 Å². The number of rotatable bonds is 3. The van der Waals surface area contributed by atoms with Gasteiger partial charge in [-0.15, -0.1) is 0 Å². The molecule has 0 saturated heterocycles. The van der Waals surface area contributed by atoms with Gasteiger partial charge in [-0.2, -0.15) is 9.61 Å². The zero-order valence-corrected chi connectivity index (χ0v) is 18.1. The third kappa shape index (κ3) is 2.81. The van der Waals surface area contributed by atoms with Gasteiger partial charge in [-0.3, -0.25) is 4.98 Å². The van der Waals surface area contributed by atoms with Gasteiger partial charge in [0.1, 0.15) is 5.65 Å². The molecule has 30 heavy (non-hydrogen) atoms. The lowest BCUT2D eigenvalue weighted by atomic mass is 9.94. The Morgan fingerprint density at radius 2 is 1.63 bits per heavy atom. The van der Waals surface area contributed by atoms with E-state index in [0.717, 1.165) is 39.3 Å². The number of hydrogen-bond donors (Lipinski definition) is 0. The fourth-order valence-electron chi connectivity index (χ4n) is 4.63. The molecule has 0 aliphatic heterocycles. The quantitative estimate of drug-likeness (QED) is 0.414. The standard InChI is InChI=1S/C25H25N5/c1-15-12-16(2)22(17(3)13-15)23-19(5)28-30-24(23)27-18(4)21-9-11-29(25(21)30)14-20-8-6-7-10-26-20/h6-13H,14H2,1-5H3. The van der Waals surface area contributed by atoms with Crippen molar-refractivity contribution in [3.8, 4) is 11.1 Å². The van der Waals surface area contributed by atoms with Gasteiger partial charge in [0.15, 0.2) is 5.65 Å². The zero-order chi connectivity index (χ0) is 21.0. The topological polar surface area (TPSA) is 48.0 Å². The highest BCUT2D eigenvalue weighted by Crippen LogP contribution is 2.35. The Labute approximate surface area is 176 Å². The van der Waals surface area contributed by atoms with Gasteiger partial charge in [0, 0.05) is 17.8 Å². The van der Waals surface area contributed by atoms with E-state index in [-0.39, 0.29) is 0 Å². The van der Waals surface area contributed by atoms with Gasteiger partial charge in [-0.25, -0.2) is 4.98 Å². The largest absolute Gasteiger partial charge is 0.326 e. The van der Waals surface area contributed by atoms with Gasteiger partial charge >= 0.3 is 0 Å². The Morgan fingerprint density at radius 1 is 0.867 bits per heavy atom. The van der Waals surface area contributed by atoms with Crippen molar-refractivity contribution in [3.63, 3.8) is 0 Å². The number of pyridine rings is 1. The van der Waals surface area contributed by atoms with Crippen LogP contribution in [0.4, 0.5) is 0 Å². The summed E-state index contributed by atoms with van der Waals surface area (Å²) in [6.07, 6.45) is 3.94. The first-order valence-corrected chi connectivity index (χ1v) is 10.3. The van der Waals surface area contributed by atoms with Crippen LogP contribution in [-0.4, -0.2) is 24.1 Å². The maximum Gasteiger partial charge on any atom is 0.165 e. The number of aryl methyl sites for hydroxylation is 5. The monoisotopic (exact) mass is 395 g/mol. The van der Waals surface area contributed by atoms with E-state index in [1.807, 2.05) is 22.8 Å². The molecule has 0 fully saturated rings. The zero-order valence-electron chi connectivity index (χ0n) is 18.1. The van der Waals surface area contributed by atoms with Crippen LogP contribution in [0.3, 0.4) is 0 Å². The highest BCUT2D eigenvalue weighted by Gasteiger charge is 2.21. The van der Waals surface area contributed by atoms with E-state index in [2.05, 4.69) is 74.6 Å². The summed E-state index contributed by atoms with van der Waals surface area (Å²) in [7, 11) is 0. The average molecular weight is 396 g/mol. The summed E-state index contributed by atoms with van der Waals surface area (Å²) >= 11 is 0. The molecule has 0 spiro atoms. The third-order valence-corrected chi connectivity index (χ3v) is 5.82. The lowest BCUT2D eigenvalue weighted by Gasteiger charge is -2.12. The summed E-state index contributed by atoms with van der Waals surface area (Å²) in [6.45, 7) is 11.3. The van der Waals surface area contributed by atoms with Crippen LogP contribution in [-0.2, 0) is 6.54 Å². The summed E-state index contributed by atoms with van der Waals surface area (Å²) in [5.41, 5.74) is 11.2. The maximum absolute atomic E-state index is 5.00. The maximum atomic E-state index is 5.00. The molecule has 0 bridgehead atoms. The fraction of sp³-hybridized carbons (Fsp3) is 0.240. The van der Waals surface area contributed by atoms with Crippen LogP contribution < -0.4 is 0 Å². The number of benzene rings is 1. The molecule has 0 radical (unpaired) electrons. The minimum atomic E-state index is 0.694. The highest BCUT2D eigenvalue weighted by atomic mass is 15.3. The van der Waals surface area contributed by atoms with E-state index in [9.17, 15) is 0 Å². The molecule has 0 aliphatic rings. The van der Waals surface area contributed by atoms with Crippen LogP contribution >= 0.6 is 0 Å². The Balaban J connectivity index is 1.81. The molecule has 1 aromatic carbocycles. The summed E-state index contributed by atoms with van der Waals surface area (Å²) < 4.78 is 4.22. The Hall–Kier alpha value is -3.47. The molecule has 0 unspecified atom stereocenters. The van der Waals surface area contributed by atoms with Crippen LogP contribution in [0.5, 0.6) is 0 Å². The molecule has 0 atom stereocenters. The lowest BCUT2D eigenvalue weighted by Crippen LogP contribution is -2.05. The molecule has 0 amide bonds. The van der Waals surface area contributed by atoms with Crippen LogP contribution in [0.2, 0.25) is 0 Å². The van der Waals surface area contributed by atoms with Gasteiger partial charge in [0.05, 0.1) is 29.2 Å². The van der Waals surface area contributed by atoms with Gasteiger partial charge in [0.25, 0.3) is 0 Å². The number of fused-ring (bicyclic) bond motifs is 3. The Morgan fingerprint density at radius 3 is 2.33 bits per heavy atom. The summed E-state index contributed by atoms with van der Waals surface area (Å²) in [4.78, 5) is 9.50. The predicted molar refractivity (Wildman–Crippen MR) is 121 cm³/mol. The van der Waals surface area contributed by atoms with Crippen molar-refractivity contribution in [2.45, 2.75) is 41.2 Å². The van der Waals surface area contributed by atoms with E-state index in [4.69, 9.17) is 10.1 Å². The van der Waals surface area contributed by atoms with Gasteiger partial charge in [-0.05, 0) is 69.5 Å². The van der Waals surface area contributed by atoms with Crippen molar-refractivity contribution in [2.24, 2.45) is 0 Å². The SMILES string of the molecule is Cc1cc(C)c(-c2c(C)nn3c2nc(C)c2ccn(Cc4ccccn4)c23)c(C)c1. The van der Waals surface area contributed by atoms with E-state index < -0.39 is 0 Å². The second-order valence-electron chi connectivity index (χ2n) is 8.17. The number of nitrogens with zero attached hydrogens (tertiary/aromatic N) is 5. The van der Waals surface area contributed by atoms with Crippen molar-refractivity contribution in [1.82, 2.24) is 24.1 Å². The first kappa shape index (κ1) is 18.6. The van der Waals surface area contributed by atoms with Crippen LogP contribution in [0, 0.1) is 34.6 Å². The first-order chi connectivity index (χ1) is 14.4. The van der Waals surface area contributed by atoms with Crippen molar-refractivity contribution >= 4 is 16.7 Å². The summed E-state index contributed by atoms with van der Waals surface area (Å²) in [5, 5.41) is 6.07. The molecule has 0 saturated carbocycles. The van der Waals surface area contributed by atoms with Gasteiger partial charge < -0.3 is 4.57 Å². The van der Waals surface area contributed by atoms with Crippen molar-refractivity contribution in [3.05, 3.63) is 82.6 Å². The van der Waals surface area contributed by atoms with Crippen molar-refractivity contribution in [2.75, 3.05) is 0 Å². The summed E-state index contributed by atoms with van der Waals surface area (Å²) in [6, 6.07) is 12.6. The third-order valence-electron chi connectivity index (χ3n) is 5.82.